The smallest absolute Gasteiger partial charge is 0.0499 e. The van der Waals surface area contributed by atoms with Gasteiger partial charge in [-0.15, -0.1) is 5.73 Å². The summed E-state index contributed by atoms with van der Waals surface area (Å²) in [4.78, 5) is 0. The number of hydrogen-bond donors (Lipinski definition) is 0. The van der Waals surface area contributed by atoms with E-state index in [0.29, 0.717) is 10.0 Å². The van der Waals surface area contributed by atoms with Gasteiger partial charge >= 0.3 is 0 Å². The zero-order chi connectivity index (χ0) is 8.27. The van der Waals surface area contributed by atoms with Crippen LogP contribution in [-0.2, 0) is 0 Å². The van der Waals surface area contributed by atoms with Gasteiger partial charge in [0.15, 0.2) is 0 Å². The molecule has 1 aromatic carbocycles. The fraction of sp³-hybridized carbons (Fsp3) is 0. The highest BCUT2D eigenvalue weighted by atomic mass is 35.5. The van der Waals surface area contributed by atoms with E-state index in [1.165, 1.54) is 0 Å². The lowest BCUT2D eigenvalue weighted by Gasteiger charge is -1.97. The minimum atomic E-state index is 0.619. The van der Waals surface area contributed by atoms with Gasteiger partial charge in [0.1, 0.15) is 0 Å². The molecule has 0 spiro atoms. The predicted octanol–water partition coefficient (Wildman–Crippen LogP) is 3.79. The topological polar surface area (TPSA) is 0 Å². The van der Waals surface area contributed by atoms with Gasteiger partial charge in [-0.25, -0.2) is 0 Å². The van der Waals surface area contributed by atoms with Gasteiger partial charge in [-0.1, -0.05) is 35.8 Å². The highest BCUT2D eigenvalue weighted by molar-refractivity contribution is 6.37. The first kappa shape index (κ1) is 8.42. The van der Waals surface area contributed by atoms with E-state index in [-0.39, 0.29) is 0 Å². The normalized spacial score (nSPS) is 8.91. The molecule has 0 saturated heterocycles. The van der Waals surface area contributed by atoms with E-state index in [2.05, 4.69) is 12.3 Å². The Morgan fingerprint density at radius 3 is 2.27 bits per heavy atom. The van der Waals surface area contributed by atoms with Crippen LogP contribution in [0.3, 0.4) is 0 Å². The quantitative estimate of drug-likeness (QED) is 0.583. The highest BCUT2D eigenvalue weighted by Gasteiger charge is 1.99. The summed E-state index contributed by atoms with van der Waals surface area (Å²) < 4.78 is 0. The zero-order valence-corrected chi connectivity index (χ0v) is 7.28. The van der Waals surface area contributed by atoms with Crippen LogP contribution in [0.1, 0.15) is 5.56 Å². The fourth-order valence-electron chi connectivity index (χ4n) is 0.751. The van der Waals surface area contributed by atoms with Crippen LogP contribution in [0.25, 0.3) is 6.08 Å². The van der Waals surface area contributed by atoms with Crippen LogP contribution in [0.4, 0.5) is 0 Å². The number of rotatable bonds is 1. The Morgan fingerprint density at radius 1 is 1.27 bits per heavy atom. The van der Waals surface area contributed by atoms with Crippen LogP contribution in [-0.4, -0.2) is 0 Å². The van der Waals surface area contributed by atoms with Crippen LogP contribution < -0.4 is 0 Å². The van der Waals surface area contributed by atoms with E-state index in [9.17, 15) is 0 Å². The summed E-state index contributed by atoms with van der Waals surface area (Å²) in [6, 6.07) is 5.35. The van der Waals surface area contributed by atoms with E-state index >= 15 is 0 Å². The molecule has 0 aliphatic heterocycles. The molecule has 0 aromatic heterocycles. The largest absolute Gasteiger partial charge is 0.128 e. The Labute approximate surface area is 75.8 Å². The first-order valence-electron chi connectivity index (χ1n) is 3.05. The summed E-state index contributed by atoms with van der Waals surface area (Å²) in [6.07, 6.45) is 1.66. The number of halogens is 2. The molecule has 0 atom stereocenters. The van der Waals surface area contributed by atoms with E-state index in [4.69, 9.17) is 23.2 Å². The second-order valence-corrected chi connectivity index (χ2v) is 2.80. The van der Waals surface area contributed by atoms with Gasteiger partial charge in [0.25, 0.3) is 0 Å². The van der Waals surface area contributed by atoms with Gasteiger partial charge in [0.05, 0.1) is 0 Å². The monoisotopic (exact) mass is 184 g/mol. The summed E-state index contributed by atoms with van der Waals surface area (Å²) in [5.74, 6) is 0. The average molecular weight is 185 g/mol. The Hall–Kier alpha value is -0.680. The molecule has 1 aromatic rings. The van der Waals surface area contributed by atoms with Gasteiger partial charge < -0.3 is 0 Å². The molecule has 0 aliphatic carbocycles. The summed E-state index contributed by atoms with van der Waals surface area (Å²) in [7, 11) is 0. The molecule has 0 saturated carbocycles. The minimum Gasteiger partial charge on any atom is -0.128 e. The van der Waals surface area contributed by atoms with E-state index in [1.54, 1.807) is 24.3 Å². The molecule has 0 radical (unpaired) electrons. The lowest BCUT2D eigenvalue weighted by Crippen LogP contribution is -1.75. The third kappa shape index (κ3) is 1.87. The number of hydrogen-bond acceptors (Lipinski definition) is 0. The molecule has 0 N–H and O–H groups in total. The molecule has 0 unspecified atom stereocenters. The van der Waals surface area contributed by atoms with Crippen molar-refractivity contribution in [3.63, 3.8) is 0 Å². The molecule has 0 bridgehead atoms. The first-order chi connectivity index (χ1) is 5.25. The number of benzene rings is 1. The molecule has 0 nitrogen and oxygen atoms in total. The predicted molar refractivity (Wildman–Crippen MR) is 50.1 cm³/mol. The second-order valence-electron chi connectivity index (χ2n) is 1.98. The molecular weight excluding hydrogens is 179 g/mol. The molecule has 0 amide bonds. The zero-order valence-electron chi connectivity index (χ0n) is 5.77. The van der Waals surface area contributed by atoms with Crippen molar-refractivity contribution < 1.29 is 0 Å². The lowest BCUT2D eigenvalue weighted by molar-refractivity contribution is 1.66. The molecule has 0 aliphatic rings. The maximum Gasteiger partial charge on any atom is 0.0499 e. The summed E-state index contributed by atoms with van der Waals surface area (Å²) >= 11 is 11.6. The maximum absolute atomic E-state index is 5.82. The summed E-state index contributed by atoms with van der Waals surface area (Å²) in [5.41, 5.74) is 3.39. The van der Waals surface area contributed by atoms with Crippen molar-refractivity contribution in [3.8, 4) is 0 Å². The fourth-order valence-corrected chi connectivity index (χ4v) is 1.26. The van der Waals surface area contributed by atoms with E-state index in [1.807, 2.05) is 0 Å². The molecular formula is C9H6Cl2. The van der Waals surface area contributed by atoms with Crippen LogP contribution in [0.2, 0.25) is 10.0 Å². The van der Waals surface area contributed by atoms with E-state index < -0.39 is 0 Å². The van der Waals surface area contributed by atoms with Gasteiger partial charge in [-0.05, 0) is 18.2 Å². The van der Waals surface area contributed by atoms with Crippen LogP contribution in [0.15, 0.2) is 30.5 Å². The molecule has 0 heterocycles. The Kier molecular flexibility index (Phi) is 2.78. The van der Waals surface area contributed by atoms with Crippen molar-refractivity contribution in [2.24, 2.45) is 0 Å². The van der Waals surface area contributed by atoms with Crippen molar-refractivity contribution in [1.29, 1.82) is 0 Å². The van der Waals surface area contributed by atoms with Crippen LogP contribution in [0, 0.1) is 0 Å². The van der Waals surface area contributed by atoms with Crippen molar-refractivity contribution >= 4 is 29.3 Å². The molecule has 2 heteroatoms. The van der Waals surface area contributed by atoms with Gasteiger partial charge in [0, 0.05) is 15.6 Å². The van der Waals surface area contributed by atoms with Crippen molar-refractivity contribution in [2.75, 3.05) is 0 Å². The van der Waals surface area contributed by atoms with Gasteiger partial charge in [0.2, 0.25) is 0 Å². The third-order valence-electron chi connectivity index (χ3n) is 1.25. The molecule has 11 heavy (non-hydrogen) atoms. The van der Waals surface area contributed by atoms with Gasteiger partial charge in [-0.2, -0.15) is 0 Å². The van der Waals surface area contributed by atoms with Crippen LogP contribution >= 0.6 is 23.2 Å². The Morgan fingerprint density at radius 2 is 1.82 bits per heavy atom. The van der Waals surface area contributed by atoms with E-state index in [0.717, 1.165) is 5.56 Å². The summed E-state index contributed by atoms with van der Waals surface area (Å²) in [6.45, 7) is 3.44. The van der Waals surface area contributed by atoms with Crippen molar-refractivity contribution in [3.05, 3.63) is 46.1 Å². The van der Waals surface area contributed by atoms with Crippen molar-refractivity contribution in [2.45, 2.75) is 0 Å². The standard InChI is InChI=1S/C9H6Cl2/c1-2-4-7-8(10)5-3-6-9(7)11/h3-6H,1H2. The SMILES string of the molecule is C=C=Cc1c(Cl)cccc1Cl. The Bertz CT molecular complexity index is 289. The average Bonchev–Trinajstić information content (AvgIpc) is 1.97. The summed E-state index contributed by atoms with van der Waals surface area (Å²) in [5, 5.41) is 1.24. The minimum absolute atomic E-state index is 0.619. The molecule has 1 rings (SSSR count). The van der Waals surface area contributed by atoms with Crippen LogP contribution in [0.5, 0.6) is 0 Å². The lowest BCUT2D eigenvalue weighted by atomic mass is 10.2. The maximum atomic E-state index is 5.82. The second kappa shape index (κ2) is 3.64. The van der Waals surface area contributed by atoms with Gasteiger partial charge in [-0.3, -0.25) is 0 Å². The Balaban J connectivity index is 3.31. The third-order valence-corrected chi connectivity index (χ3v) is 1.91. The van der Waals surface area contributed by atoms with Crippen molar-refractivity contribution in [1.82, 2.24) is 0 Å². The molecule has 0 fully saturated rings. The molecule has 56 valence electrons. The highest BCUT2D eigenvalue weighted by Crippen LogP contribution is 2.24. The first-order valence-corrected chi connectivity index (χ1v) is 3.81.